The van der Waals surface area contributed by atoms with Gasteiger partial charge in [-0.3, -0.25) is 9.69 Å². The van der Waals surface area contributed by atoms with Crippen LogP contribution in [0.3, 0.4) is 0 Å². The molecule has 0 saturated heterocycles. The predicted molar refractivity (Wildman–Crippen MR) is 142 cm³/mol. The van der Waals surface area contributed by atoms with Crippen LogP contribution >= 0.6 is 11.8 Å². The van der Waals surface area contributed by atoms with Gasteiger partial charge in [0.15, 0.2) is 11.5 Å². The molecule has 0 radical (unpaired) electrons. The third-order valence-corrected chi connectivity index (χ3v) is 6.56. The Balaban J connectivity index is 1.68. The number of amides is 1. The molecule has 0 saturated carbocycles. The largest absolute Gasteiger partial charge is 0.493 e. The summed E-state index contributed by atoms with van der Waals surface area (Å²) in [6, 6.07) is 22.9. The average molecular weight is 502 g/mol. The summed E-state index contributed by atoms with van der Waals surface area (Å²) in [5.41, 5.74) is 3.43. The number of allylic oxidation sites excluding steroid dienone is 1. The van der Waals surface area contributed by atoms with E-state index in [0.29, 0.717) is 35.1 Å². The highest BCUT2D eigenvalue weighted by molar-refractivity contribution is 7.98. The number of nitrogens with zero attached hydrogens (tertiary/aromatic N) is 1. The van der Waals surface area contributed by atoms with Gasteiger partial charge in [-0.1, -0.05) is 42.5 Å². The van der Waals surface area contributed by atoms with Crippen molar-refractivity contribution in [3.05, 3.63) is 101 Å². The Labute approximate surface area is 215 Å². The second kappa shape index (κ2) is 11.2. The van der Waals surface area contributed by atoms with E-state index in [0.717, 1.165) is 10.5 Å². The maximum absolute atomic E-state index is 13.6. The van der Waals surface area contributed by atoms with E-state index in [1.807, 2.05) is 66.9 Å². The molecule has 0 bridgehead atoms. The summed E-state index contributed by atoms with van der Waals surface area (Å²) in [5, 5.41) is 0. The van der Waals surface area contributed by atoms with E-state index in [9.17, 15) is 9.59 Å². The van der Waals surface area contributed by atoms with Crippen LogP contribution in [-0.2, 0) is 20.9 Å². The molecule has 1 aliphatic heterocycles. The van der Waals surface area contributed by atoms with Gasteiger partial charge in [0.05, 0.1) is 31.1 Å². The number of ether oxygens (including phenoxy) is 3. The molecule has 0 aliphatic carbocycles. The first kappa shape index (κ1) is 25.1. The van der Waals surface area contributed by atoms with Crippen LogP contribution in [0.15, 0.2) is 94.5 Å². The van der Waals surface area contributed by atoms with E-state index < -0.39 is 5.97 Å². The minimum absolute atomic E-state index is 0.237. The van der Waals surface area contributed by atoms with E-state index in [2.05, 4.69) is 0 Å². The van der Waals surface area contributed by atoms with Gasteiger partial charge < -0.3 is 14.2 Å². The molecule has 3 aromatic rings. The van der Waals surface area contributed by atoms with Crippen LogP contribution in [0.5, 0.6) is 11.5 Å². The van der Waals surface area contributed by atoms with E-state index >= 15 is 0 Å². The molecule has 0 fully saturated rings. The lowest BCUT2D eigenvalue weighted by atomic mass is 10.0. The van der Waals surface area contributed by atoms with Crippen molar-refractivity contribution in [1.82, 2.24) is 0 Å². The quantitative estimate of drug-likeness (QED) is 0.218. The first-order valence-electron chi connectivity index (χ1n) is 11.3. The Morgan fingerprint density at radius 2 is 1.75 bits per heavy atom. The standard InChI is InChI=1S/C29H27NO5S/c1-19-27(29(32)34-3)24(28(31)30(19)22-11-8-12-23(17-22)36-4)15-21-13-14-25(26(16-21)33-2)35-18-20-9-6-5-7-10-20/h5-17H,18H2,1-4H3/b24-15-. The van der Waals surface area contributed by atoms with Crippen LogP contribution in [0.2, 0.25) is 0 Å². The third kappa shape index (κ3) is 5.16. The Kier molecular flexibility index (Phi) is 7.80. The Morgan fingerprint density at radius 3 is 2.44 bits per heavy atom. The maximum Gasteiger partial charge on any atom is 0.340 e. The maximum atomic E-state index is 13.6. The molecule has 0 atom stereocenters. The molecule has 4 rings (SSSR count). The Morgan fingerprint density at radius 1 is 0.972 bits per heavy atom. The first-order chi connectivity index (χ1) is 17.5. The molecule has 1 heterocycles. The molecule has 0 spiro atoms. The highest BCUT2D eigenvalue weighted by atomic mass is 32.2. The molecular weight excluding hydrogens is 474 g/mol. The number of anilines is 1. The van der Waals surface area contributed by atoms with Crippen LogP contribution in [0.1, 0.15) is 18.1 Å². The van der Waals surface area contributed by atoms with Gasteiger partial charge >= 0.3 is 5.97 Å². The number of thioether (sulfide) groups is 1. The normalized spacial score (nSPS) is 14.4. The molecule has 1 amide bonds. The lowest BCUT2D eigenvalue weighted by Gasteiger charge is -2.18. The van der Waals surface area contributed by atoms with Crippen LogP contribution < -0.4 is 14.4 Å². The van der Waals surface area contributed by atoms with Gasteiger partial charge in [-0.25, -0.2) is 4.79 Å². The molecule has 1 aliphatic rings. The van der Waals surface area contributed by atoms with Crippen molar-refractivity contribution in [2.45, 2.75) is 18.4 Å². The summed E-state index contributed by atoms with van der Waals surface area (Å²) >= 11 is 1.58. The zero-order valence-corrected chi connectivity index (χ0v) is 21.4. The molecule has 6 nitrogen and oxygen atoms in total. The van der Waals surface area contributed by atoms with Gasteiger partial charge in [0.25, 0.3) is 5.91 Å². The number of carbonyl (C=O) groups excluding carboxylic acids is 2. The van der Waals surface area contributed by atoms with Crippen molar-refractivity contribution in [3.63, 3.8) is 0 Å². The van der Waals surface area contributed by atoms with Gasteiger partial charge in [0, 0.05) is 10.6 Å². The monoisotopic (exact) mass is 501 g/mol. The number of esters is 1. The van der Waals surface area contributed by atoms with Crippen LogP contribution in [0, 0.1) is 0 Å². The summed E-state index contributed by atoms with van der Waals surface area (Å²) in [4.78, 5) is 28.9. The summed E-state index contributed by atoms with van der Waals surface area (Å²) in [6.07, 6.45) is 3.65. The number of hydrogen-bond acceptors (Lipinski definition) is 6. The minimum atomic E-state index is -0.564. The molecule has 184 valence electrons. The second-order valence-corrected chi connectivity index (χ2v) is 8.92. The molecule has 0 N–H and O–H groups in total. The minimum Gasteiger partial charge on any atom is -0.493 e. The van der Waals surface area contributed by atoms with Crippen LogP contribution in [0.25, 0.3) is 6.08 Å². The molecule has 3 aromatic carbocycles. The van der Waals surface area contributed by atoms with Crippen molar-refractivity contribution in [2.75, 3.05) is 25.4 Å². The summed E-state index contributed by atoms with van der Waals surface area (Å²) in [6.45, 7) is 2.15. The van der Waals surface area contributed by atoms with Crippen LogP contribution in [0.4, 0.5) is 5.69 Å². The van der Waals surface area contributed by atoms with Crippen molar-refractivity contribution < 1.29 is 23.8 Å². The van der Waals surface area contributed by atoms with E-state index in [1.165, 1.54) is 7.11 Å². The van der Waals surface area contributed by atoms with Gasteiger partial charge in [-0.15, -0.1) is 11.8 Å². The zero-order valence-electron chi connectivity index (χ0n) is 20.6. The predicted octanol–water partition coefficient (Wildman–Crippen LogP) is 5.87. The SMILES string of the molecule is COC(=O)C1=C(C)N(c2cccc(SC)c2)C(=O)/C1=C\c1ccc(OCc2ccccc2)c(OC)c1. The fraction of sp³-hybridized carbons (Fsp3) is 0.172. The summed E-state index contributed by atoms with van der Waals surface area (Å²) in [7, 11) is 2.87. The fourth-order valence-corrected chi connectivity index (χ4v) is 4.49. The zero-order chi connectivity index (χ0) is 25.7. The average Bonchev–Trinajstić information content (AvgIpc) is 3.16. The molecule has 0 unspecified atom stereocenters. The molecule has 36 heavy (non-hydrogen) atoms. The number of carbonyl (C=O) groups is 2. The summed E-state index contributed by atoms with van der Waals surface area (Å²) < 4.78 is 16.5. The van der Waals surface area contributed by atoms with Gasteiger partial charge in [-0.2, -0.15) is 0 Å². The van der Waals surface area contributed by atoms with Crippen molar-refractivity contribution in [2.24, 2.45) is 0 Å². The van der Waals surface area contributed by atoms with Gasteiger partial charge in [0.2, 0.25) is 0 Å². The number of benzene rings is 3. The van der Waals surface area contributed by atoms with Crippen molar-refractivity contribution in [3.8, 4) is 11.5 Å². The number of hydrogen-bond donors (Lipinski definition) is 0. The molecular formula is C29H27NO5S. The number of rotatable bonds is 8. The lowest BCUT2D eigenvalue weighted by molar-refractivity contribution is -0.136. The lowest BCUT2D eigenvalue weighted by Crippen LogP contribution is -2.24. The van der Waals surface area contributed by atoms with Crippen molar-refractivity contribution in [1.29, 1.82) is 0 Å². The highest BCUT2D eigenvalue weighted by Crippen LogP contribution is 2.37. The number of methoxy groups -OCH3 is 2. The fourth-order valence-electron chi connectivity index (χ4n) is 4.04. The smallest absolute Gasteiger partial charge is 0.340 e. The molecule has 0 aromatic heterocycles. The summed E-state index contributed by atoms with van der Waals surface area (Å²) in [5.74, 6) is 0.243. The van der Waals surface area contributed by atoms with Gasteiger partial charge in [-0.05, 0) is 60.7 Å². The second-order valence-electron chi connectivity index (χ2n) is 8.04. The Hall–Kier alpha value is -3.97. The first-order valence-corrected chi connectivity index (χ1v) is 12.5. The van der Waals surface area contributed by atoms with Gasteiger partial charge in [0.1, 0.15) is 6.61 Å². The third-order valence-electron chi connectivity index (χ3n) is 5.84. The van der Waals surface area contributed by atoms with E-state index in [4.69, 9.17) is 14.2 Å². The molecule has 7 heteroatoms. The van der Waals surface area contributed by atoms with E-state index in [-0.39, 0.29) is 17.1 Å². The topological polar surface area (TPSA) is 65.1 Å². The highest BCUT2D eigenvalue weighted by Gasteiger charge is 2.38. The van der Waals surface area contributed by atoms with Crippen molar-refractivity contribution >= 4 is 35.4 Å². The van der Waals surface area contributed by atoms with E-state index in [1.54, 1.807) is 48.9 Å². The Bertz CT molecular complexity index is 1350. The van der Waals surface area contributed by atoms with Crippen LogP contribution in [-0.4, -0.2) is 32.4 Å².